The third-order valence-corrected chi connectivity index (χ3v) is 4.56. The summed E-state index contributed by atoms with van der Waals surface area (Å²) in [5.41, 5.74) is 8.66. The Hall–Kier alpha value is -0.380. The van der Waals surface area contributed by atoms with Crippen molar-refractivity contribution in [1.29, 1.82) is 0 Å². The molecule has 2 rings (SSSR count). The molecule has 18 heavy (non-hydrogen) atoms. The molecule has 2 N–H and O–H groups in total. The molecule has 0 spiro atoms. The van der Waals surface area contributed by atoms with Crippen molar-refractivity contribution in [2.24, 2.45) is 5.73 Å². The summed E-state index contributed by atoms with van der Waals surface area (Å²) in [5.74, 6) is 0. The average molecular weight is 311 g/mol. The van der Waals surface area contributed by atoms with E-state index in [1.807, 2.05) is 0 Å². The Morgan fingerprint density at radius 1 is 1.44 bits per heavy atom. The normalized spacial score (nSPS) is 17.2. The standard InChI is InChI=1S/C15H23BrN2/c1-3-8-18(13-6-7-13)15(10-17)12-5-4-11(2)14(16)9-12/h4-5,9,13,15H,3,6-8,10,17H2,1-2H3. The van der Waals surface area contributed by atoms with Crippen molar-refractivity contribution in [3.63, 3.8) is 0 Å². The minimum Gasteiger partial charge on any atom is -0.329 e. The SMILES string of the molecule is CCCN(C1CC1)C(CN)c1ccc(C)c(Br)c1. The Balaban J connectivity index is 2.22. The summed E-state index contributed by atoms with van der Waals surface area (Å²) in [6, 6.07) is 7.77. The van der Waals surface area contributed by atoms with Crippen LogP contribution in [0.1, 0.15) is 43.4 Å². The lowest BCUT2D eigenvalue weighted by Crippen LogP contribution is -2.36. The molecule has 1 fully saturated rings. The first-order valence-electron chi connectivity index (χ1n) is 6.89. The van der Waals surface area contributed by atoms with Crippen LogP contribution in [0.4, 0.5) is 0 Å². The lowest BCUT2D eigenvalue weighted by Gasteiger charge is -2.31. The molecule has 0 aliphatic heterocycles. The Morgan fingerprint density at radius 2 is 2.17 bits per heavy atom. The molecule has 1 aromatic rings. The van der Waals surface area contributed by atoms with E-state index in [0.717, 1.165) is 12.6 Å². The topological polar surface area (TPSA) is 29.3 Å². The summed E-state index contributed by atoms with van der Waals surface area (Å²) in [6.45, 7) is 6.22. The first-order valence-corrected chi connectivity index (χ1v) is 7.68. The molecule has 2 nitrogen and oxygen atoms in total. The van der Waals surface area contributed by atoms with Gasteiger partial charge in [-0.15, -0.1) is 0 Å². The quantitative estimate of drug-likeness (QED) is 0.869. The smallest absolute Gasteiger partial charge is 0.0473 e. The third kappa shape index (κ3) is 3.14. The van der Waals surface area contributed by atoms with Gasteiger partial charge in [0.15, 0.2) is 0 Å². The lowest BCUT2D eigenvalue weighted by atomic mass is 10.0. The second kappa shape index (κ2) is 6.18. The van der Waals surface area contributed by atoms with Gasteiger partial charge in [0.2, 0.25) is 0 Å². The molecule has 0 bridgehead atoms. The first kappa shape index (κ1) is 14.0. The van der Waals surface area contributed by atoms with Crippen molar-refractivity contribution in [3.8, 4) is 0 Å². The van der Waals surface area contributed by atoms with E-state index in [1.165, 1.54) is 34.9 Å². The van der Waals surface area contributed by atoms with Crippen molar-refractivity contribution in [1.82, 2.24) is 4.90 Å². The summed E-state index contributed by atoms with van der Waals surface area (Å²) < 4.78 is 1.19. The van der Waals surface area contributed by atoms with Crippen molar-refractivity contribution >= 4 is 15.9 Å². The maximum absolute atomic E-state index is 6.03. The van der Waals surface area contributed by atoms with E-state index in [-0.39, 0.29) is 0 Å². The van der Waals surface area contributed by atoms with Crippen molar-refractivity contribution in [2.45, 2.75) is 45.2 Å². The highest BCUT2D eigenvalue weighted by atomic mass is 79.9. The van der Waals surface area contributed by atoms with E-state index < -0.39 is 0 Å². The van der Waals surface area contributed by atoms with E-state index in [1.54, 1.807) is 0 Å². The zero-order chi connectivity index (χ0) is 13.1. The van der Waals surface area contributed by atoms with Crippen LogP contribution in [-0.4, -0.2) is 24.0 Å². The minimum atomic E-state index is 0.370. The molecular formula is C15H23BrN2. The minimum absolute atomic E-state index is 0.370. The summed E-state index contributed by atoms with van der Waals surface area (Å²) in [4.78, 5) is 2.59. The van der Waals surface area contributed by atoms with Crippen LogP contribution in [0.25, 0.3) is 0 Å². The molecule has 1 saturated carbocycles. The fraction of sp³-hybridized carbons (Fsp3) is 0.600. The van der Waals surface area contributed by atoms with Gasteiger partial charge in [0.1, 0.15) is 0 Å². The fourth-order valence-electron chi connectivity index (χ4n) is 2.54. The second-order valence-corrected chi connectivity index (χ2v) is 6.08. The van der Waals surface area contributed by atoms with Crippen LogP contribution < -0.4 is 5.73 Å². The zero-order valence-electron chi connectivity index (χ0n) is 11.3. The third-order valence-electron chi connectivity index (χ3n) is 3.70. The van der Waals surface area contributed by atoms with Crippen LogP contribution in [0.3, 0.4) is 0 Å². The Bertz CT molecular complexity index is 401. The number of benzene rings is 1. The molecule has 0 amide bonds. The highest BCUT2D eigenvalue weighted by Gasteiger charge is 2.33. The van der Waals surface area contributed by atoms with Gasteiger partial charge in [0.05, 0.1) is 0 Å². The van der Waals surface area contributed by atoms with Gasteiger partial charge in [-0.2, -0.15) is 0 Å². The molecule has 100 valence electrons. The lowest BCUT2D eigenvalue weighted by molar-refractivity contribution is 0.191. The summed E-state index contributed by atoms with van der Waals surface area (Å²) in [6.07, 6.45) is 3.87. The van der Waals surface area contributed by atoms with E-state index in [9.17, 15) is 0 Å². The molecule has 1 unspecified atom stereocenters. The van der Waals surface area contributed by atoms with Crippen LogP contribution in [0.15, 0.2) is 22.7 Å². The van der Waals surface area contributed by atoms with E-state index in [0.29, 0.717) is 12.6 Å². The van der Waals surface area contributed by atoms with E-state index in [2.05, 4.69) is 52.9 Å². The maximum Gasteiger partial charge on any atom is 0.0473 e. The molecule has 1 atom stereocenters. The van der Waals surface area contributed by atoms with Crippen molar-refractivity contribution < 1.29 is 0 Å². The largest absolute Gasteiger partial charge is 0.329 e. The van der Waals surface area contributed by atoms with Gasteiger partial charge in [-0.3, -0.25) is 4.90 Å². The van der Waals surface area contributed by atoms with Gasteiger partial charge < -0.3 is 5.73 Å². The van der Waals surface area contributed by atoms with Crippen molar-refractivity contribution in [3.05, 3.63) is 33.8 Å². The number of rotatable bonds is 6. The number of halogens is 1. The van der Waals surface area contributed by atoms with Gasteiger partial charge in [-0.1, -0.05) is 35.0 Å². The van der Waals surface area contributed by atoms with Crippen LogP contribution in [0.5, 0.6) is 0 Å². The molecule has 1 aromatic carbocycles. The molecule has 0 heterocycles. The number of hydrogen-bond donors (Lipinski definition) is 1. The highest BCUT2D eigenvalue weighted by Crippen LogP contribution is 2.35. The average Bonchev–Trinajstić information content (AvgIpc) is 3.17. The number of hydrogen-bond acceptors (Lipinski definition) is 2. The van der Waals surface area contributed by atoms with Gasteiger partial charge in [0.25, 0.3) is 0 Å². The molecule has 0 saturated heterocycles. The van der Waals surface area contributed by atoms with E-state index in [4.69, 9.17) is 5.73 Å². The van der Waals surface area contributed by atoms with Gasteiger partial charge in [-0.05, 0) is 49.9 Å². The number of nitrogens with zero attached hydrogens (tertiary/aromatic N) is 1. The molecule has 3 heteroatoms. The van der Waals surface area contributed by atoms with Gasteiger partial charge in [0, 0.05) is 23.1 Å². The molecule has 0 radical (unpaired) electrons. The Labute approximate surface area is 119 Å². The molecular weight excluding hydrogens is 288 g/mol. The van der Waals surface area contributed by atoms with Gasteiger partial charge in [-0.25, -0.2) is 0 Å². The van der Waals surface area contributed by atoms with Crippen molar-refractivity contribution in [2.75, 3.05) is 13.1 Å². The fourth-order valence-corrected chi connectivity index (χ4v) is 2.93. The summed E-state index contributed by atoms with van der Waals surface area (Å²) in [5, 5.41) is 0. The van der Waals surface area contributed by atoms with Crippen LogP contribution in [-0.2, 0) is 0 Å². The number of aryl methyl sites for hydroxylation is 1. The number of nitrogens with two attached hydrogens (primary N) is 1. The summed E-state index contributed by atoms with van der Waals surface area (Å²) >= 11 is 3.62. The van der Waals surface area contributed by atoms with Gasteiger partial charge >= 0.3 is 0 Å². The molecule has 1 aliphatic carbocycles. The molecule has 0 aromatic heterocycles. The van der Waals surface area contributed by atoms with Crippen LogP contribution in [0, 0.1) is 6.92 Å². The predicted molar refractivity (Wildman–Crippen MR) is 80.7 cm³/mol. The second-order valence-electron chi connectivity index (χ2n) is 5.23. The Kier molecular flexibility index (Phi) is 4.82. The van der Waals surface area contributed by atoms with Crippen LogP contribution in [0.2, 0.25) is 0 Å². The first-order chi connectivity index (χ1) is 8.67. The predicted octanol–water partition coefficient (Wildman–Crippen LogP) is 3.63. The maximum atomic E-state index is 6.03. The zero-order valence-corrected chi connectivity index (χ0v) is 12.9. The monoisotopic (exact) mass is 310 g/mol. The molecule has 1 aliphatic rings. The highest BCUT2D eigenvalue weighted by molar-refractivity contribution is 9.10. The van der Waals surface area contributed by atoms with Crippen LogP contribution >= 0.6 is 15.9 Å². The van der Waals surface area contributed by atoms with E-state index >= 15 is 0 Å². The Morgan fingerprint density at radius 3 is 2.67 bits per heavy atom. The summed E-state index contributed by atoms with van der Waals surface area (Å²) in [7, 11) is 0.